The van der Waals surface area contributed by atoms with Gasteiger partial charge in [0, 0.05) is 11.5 Å². The Kier molecular flexibility index (Phi) is 3.27. The number of nitro benzene ring substituents is 1. The Hall–Kier alpha value is -1.91. The van der Waals surface area contributed by atoms with Crippen LogP contribution in [0.5, 0.6) is 0 Å². The average molecular weight is 222 g/mol. The molecule has 86 valence electrons. The van der Waals surface area contributed by atoms with Crippen molar-refractivity contribution in [3.8, 4) is 0 Å². The Morgan fingerprint density at radius 3 is 2.38 bits per heavy atom. The first-order valence-electron chi connectivity index (χ1n) is 4.87. The minimum Gasteiger partial charge on any atom is -0.320 e. The van der Waals surface area contributed by atoms with Gasteiger partial charge in [-0.1, -0.05) is 32.9 Å². The Labute approximate surface area is 93.6 Å². The lowest BCUT2D eigenvalue weighted by atomic mass is 9.95. The molecule has 1 aromatic rings. The third-order valence-electron chi connectivity index (χ3n) is 2.03. The lowest BCUT2D eigenvalue weighted by Crippen LogP contribution is -2.27. The zero-order valence-corrected chi connectivity index (χ0v) is 9.48. The first-order valence-corrected chi connectivity index (χ1v) is 4.87. The molecule has 0 heterocycles. The third-order valence-corrected chi connectivity index (χ3v) is 2.03. The minimum absolute atomic E-state index is 0.0971. The molecule has 1 amide bonds. The van der Waals surface area contributed by atoms with Gasteiger partial charge in [0.2, 0.25) is 5.91 Å². The molecule has 0 atom stereocenters. The predicted octanol–water partition coefficient (Wildman–Crippen LogP) is 2.58. The van der Waals surface area contributed by atoms with Gasteiger partial charge in [-0.3, -0.25) is 14.9 Å². The molecular weight excluding hydrogens is 208 g/mol. The lowest BCUT2D eigenvalue weighted by molar-refractivity contribution is -0.383. The lowest BCUT2D eigenvalue weighted by Gasteiger charge is -2.17. The number of nitrogens with one attached hydrogen (secondary N) is 1. The van der Waals surface area contributed by atoms with Crippen molar-refractivity contribution in [2.45, 2.75) is 20.8 Å². The molecule has 16 heavy (non-hydrogen) atoms. The molecule has 0 saturated carbocycles. The maximum Gasteiger partial charge on any atom is 0.292 e. The van der Waals surface area contributed by atoms with Crippen LogP contribution in [0.25, 0.3) is 0 Å². The molecule has 5 nitrogen and oxygen atoms in total. The van der Waals surface area contributed by atoms with Gasteiger partial charge in [-0.25, -0.2) is 0 Å². The highest BCUT2D eigenvalue weighted by Crippen LogP contribution is 2.25. The van der Waals surface area contributed by atoms with Gasteiger partial charge in [0.15, 0.2) is 0 Å². The number of para-hydroxylation sites is 2. The van der Waals surface area contributed by atoms with Crippen molar-refractivity contribution in [3.63, 3.8) is 0 Å². The van der Waals surface area contributed by atoms with Gasteiger partial charge in [-0.15, -0.1) is 0 Å². The van der Waals surface area contributed by atoms with Crippen molar-refractivity contribution in [2.24, 2.45) is 5.41 Å². The van der Waals surface area contributed by atoms with E-state index in [1.54, 1.807) is 32.9 Å². The topological polar surface area (TPSA) is 72.2 Å². The maximum absolute atomic E-state index is 11.7. The van der Waals surface area contributed by atoms with Gasteiger partial charge in [0.1, 0.15) is 5.69 Å². The van der Waals surface area contributed by atoms with E-state index in [1.807, 2.05) is 0 Å². The number of hydrogen-bond acceptors (Lipinski definition) is 3. The average Bonchev–Trinajstić information content (AvgIpc) is 2.16. The van der Waals surface area contributed by atoms with E-state index < -0.39 is 10.3 Å². The largest absolute Gasteiger partial charge is 0.320 e. The fourth-order valence-electron chi connectivity index (χ4n) is 1.05. The number of carbonyl (C=O) groups excluding carboxylic acids is 1. The minimum atomic E-state index is -0.580. The molecule has 0 spiro atoms. The van der Waals surface area contributed by atoms with E-state index in [0.717, 1.165) is 0 Å². The zero-order chi connectivity index (χ0) is 12.3. The van der Waals surface area contributed by atoms with Crippen molar-refractivity contribution in [1.29, 1.82) is 0 Å². The molecule has 0 saturated heterocycles. The van der Waals surface area contributed by atoms with Crippen LogP contribution in [0.1, 0.15) is 20.8 Å². The molecule has 0 radical (unpaired) electrons. The van der Waals surface area contributed by atoms with Gasteiger partial charge < -0.3 is 5.32 Å². The number of anilines is 1. The van der Waals surface area contributed by atoms with Crippen molar-refractivity contribution in [2.75, 3.05) is 5.32 Å². The van der Waals surface area contributed by atoms with E-state index in [1.165, 1.54) is 12.1 Å². The van der Waals surface area contributed by atoms with Gasteiger partial charge in [-0.05, 0) is 6.07 Å². The second-order valence-electron chi connectivity index (χ2n) is 4.48. The van der Waals surface area contributed by atoms with Crippen LogP contribution in [-0.2, 0) is 4.79 Å². The predicted molar refractivity (Wildman–Crippen MR) is 61.2 cm³/mol. The maximum atomic E-state index is 11.7. The highest BCUT2D eigenvalue weighted by molar-refractivity contribution is 5.96. The monoisotopic (exact) mass is 222 g/mol. The molecule has 1 N–H and O–H groups in total. The van der Waals surface area contributed by atoms with Crippen LogP contribution in [0, 0.1) is 15.5 Å². The number of carbonyl (C=O) groups is 1. The first-order chi connectivity index (χ1) is 7.32. The Bertz CT molecular complexity index is 421. The van der Waals surface area contributed by atoms with Crippen LogP contribution < -0.4 is 5.32 Å². The molecular formula is C11H14N2O3. The smallest absolute Gasteiger partial charge is 0.292 e. The highest BCUT2D eigenvalue weighted by Gasteiger charge is 2.23. The van der Waals surface area contributed by atoms with Crippen LogP contribution in [-0.4, -0.2) is 10.8 Å². The summed E-state index contributed by atoms with van der Waals surface area (Å²) in [7, 11) is 0. The van der Waals surface area contributed by atoms with Crippen LogP contribution in [0.3, 0.4) is 0 Å². The highest BCUT2D eigenvalue weighted by atomic mass is 16.6. The summed E-state index contributed by atoms with van der Waals surface area (Å²) >= 11 is 0. The quantitative estimate of drug-likeness (QED) is 0.617. The van der Waals surface area contributed by atoms with Crippen molar-refractivity contribution in [3.05, 3.63) is 34.4 Å². The summed E-state index contributed by atoms with van der Waals surface area (Å²) in [6, 6.07) is 6.08. The van der Waals surface area contributed by atoms with Gasteiger partial charge >= 0.3 is 0 Å². The molecule has 5 heteroatoms. The van der Waals surface area contributed by atoms with E-state index in [2.05, 4.69) is 5.32 Å². The van der Waals surface area contributed by atoms with E-state index in [-0.39, 0.29) is 17.3 Å². The van der Waals surface area contributed by atoms with E-state index in [4.69, 9.17) is 0 Å². The fourth-order valence-corrected chi connectivity index (χ4v) is 1.05. The summed E-state index contributed by atoms with van der Waals surface area (Å²) in [5.74, 6) is -0.248. The van der Waals surface area contributed by atoms with Crippen LogP contribution in [0.4, 0.5) is 11.4 Å². The molecule has 0 fully saturated rings. The summed E-state index contributed by atoms with van der Waals surface area (Å²) in [5, 5.41) is 13.3. The van der Waals surface area contributed by atoms with Crippen LogP contribution >= 0.6 is 0 Å². The van der Waals surface area contributed by atoms with E-state index >= 15 is 0 Å². The first kappa shape index (κ1) is 12.2. The van der Waals surface area contributed by atoms with Crippen molar-refractivity contribution >= 4 is 17.3 Å². The van der Waals surface area contributed by atoms with Gasteiger partial charge in [-0.2, -0.15) is 0 Å². The molecule has 0 aliphatic carbocycles. The Morgan fingerprint density at radius 1 is 1.31 bits per heavy atom. The zero-order valence-electron chi connectivity index (χ0n) is 9.48. The Morgan fingerprint density at radius 2 is 1.88 bits per heavy atom. The summed E-state index contributed by atoms with van der Waals surface area (Å²) in [6.45, 7) is 5.24. The number of rotatable bonds is 2. The third kappa shape index (κ3) is 2.79. The summed E-state index contributed by atoms with van der Waals surface area (Å²) < 4.78 is 0. The number of nitro groups is 1. The second kappa shape index (κ2) is 4.30. The number of amides is 1. The Balaban J connectivity index is 2.98. The number of nitrogens with zero attached hydrogens (tertiary/aromatic N) is 1. The standard InChI is InChI=1S/C11H14N2O3/c1-11(2,3)10(14)12-8-6-4-5-7-9(8)13(15)16/h4-7H,1-3H3,(H,12,14). The summed E-state index contributed by atoms with van der Waals surface area (Å²) in [6.07, 6.45) is 0. The molecule has 0 aromatic heterocycles. The number of hydrogen-bond donors (Lipinski definition) is 1. The SMILES string of the molecule is CC(C)(C)C(=O)Nc1ccccc1[N+](=O)[O-]. The molecule has 0 aliphatic heterocycles. The van der Waals surface area contributed by atoms with Crippen LogP contribution in [0.2, 0.25) is 0 Å². The van der Waals surface area contributed by atoms with Crippen LogP contribution in [0.15, 0.2) is 24.3 Å². The van der Waals surface area contributed by atoms with E-state index in [0.29, 0.717) is 0 Å². The van der Waals surface area contributed by atoms with Crippen molar-refractivity contribution in [1.82, 2.24) is 0 Å². The molecule has 1 aromatic carbocycles. The van der Waals surface area contributed by atoms with E-state index in [9.17, 15) is 14.9 Å². The fraction of sp³-hybridized carbons (Fsp3) is 0.364. The molecule has 0 unspecified atom stereocenters. The molecule has 0 bridgehead atoms. The summed E-state index contributed by atoms with van der Waals surface area (Å²) in [4.78, 5) is 21.9. The van der Waals surface area contributed by atoms with Gasteiger partial charge in [0.25, 0.3) is 5.69 Å². The van der Waals surface area contributed by atoms with Crippen molar-refractivity contribution < 1.29 is 9.72 Å². The second-order valence-corrected chi connectivity index (χ2v) is 4.48. The molecule has 0 aliphatic rings. The number of benzene rings is 1. The summed E-state index contributed by atoms with van der Waals surface area (Å²) in [5.41, 5.74) is -0.448. The normalized spacial score (nSPS) is 10.9. The molecule has 1 rings (SSSR count). The van der Waals surface area contributed by atoms with Gasteiger partial charge in [0.05, 0.1) is 4.92 Å².